The standard InChI is InChI=1S/C14H16F3N3O2/c15-14(16,17)10-1-2-12(18-9-10)20-6-4-19(5-7-20)11-3-8-22-13(11)21/h1-2,9,11H,3-8H2. The van der Waals surface area contributed by atoms with E-state index >= 15 is 0 Å². The Morgan fingerprint density at radius 3 is 2.41 bits per heavy atom. The van der Waals surface area contributed by atoms with Gasteiger partial charge in [0, 0.05) is 38.8 Å². The van der Waals surface area contributed by atoms with Crippen LogP contribution in [0.5, 0.6) is 0 Å². The zero-order chi connectivity index (χ0) is 15.7. The number of hydrogen-bond donors (Lipinski definition) is 0. The Bertz CT molecular complexity index is 539. The van der Waals surface area contributed by atoms with E-state index in [0.717, 1.165) is 12.3 Å². The highest BCUT2D eigenvalue weighted by atomic mass is 19.4. The van der Waals surface area contributed by atoms with Crippen molar-refractivity contribution in [1.82, 2.24) is 9.88 Å². The number of aromatic nitrogens is 1. The summed E-state index contributed by atoms with van der Waals surface area (Å²) in [6, 6.07) is 2.26. The van der Waals surface area contributed by atoms with Crippen molar-refractivity contribution >= 4 is 11.8 Å². The Kier molecular flexibility index (Phi) is 3.94. The molecule has 8 heteroatoms. The van der Waals surface area contributed by atoms with Gasteiger partial charge < -0.3 is 9.64 Å². The number of nitrogens with zero attached hydrogens (tertiary/aromatic N) is 3. The Hall–Kier alpha value is -1.83. The number of alkyl halides is 3. The predicted octanol–water partition coefficient (Wildman–Crippen LogP) is 1.54. The summed E-state index contributed by atoms with van der Waals surface area (Å²) in [5.74, 6) is 0.350. The fraction of sp³-hybridized carbons (Fsp3) is 0.571. The number of rotatable bonds is 2. The minimum atomic E-state index is -4.37. The van der Waals surface area contributed by atoms with Crippen LogP contribution in [-0.4, -0.2) is 54.7 Å². The van der Waals surface area contributed by atoms with Crippen molar-refractivity contribution in [3.05, 3.63) is 23.9 Å². The van der Waals surface area contributed by atoms with Crippen LogP contribution in [0.2, 0.25) is 0 Å². The van der Waals surface area contributed by atoms with E-state index in [1.165, 1.54) is 6.07 Å². The number of hydrogen-bond acceptors (Lipinski definition) is 5. The van der Waals surface area contributed by atoms with E-state index in [2.05, 4.69) is 9.88 Å². The molecule has 2 aliphatic heterocycles. The van der Waals surface area contributed by atoms with E-state index in [9.17, 15) is 18.0 Å². The zero-order valence-corrected chi connectivity index (χ0v) is 11.8. The van der Waals surface area contributed by atoms with E-state index in [-0.39, 0.29) is 12.0 Å². The number of ether oxygens (including phenoxy) is 1. The number of halogens is 3. The first kappa shape index (κ1) is 15.1. The van der Waals surface area contributed by atoms with E-state index in [0.29, 0.717) is 45.0 Å². The normalized spacial score (nSPS) is 23.7. The number of cyclic esters (lactones) is 1. The third-order valence-corrected chi connectivity index (χ3v) is 4.06. The molecule has 3 rings (SSSR count). The van der Waals surface area contributed by atoms with Crippen LogP contribution < -0.4 is 4.90 Å². The van der Waals surface area contributed by atoms with Gasteiger partial charge in [0.15, 0.2) is 0 Å². The van der Waals surface area contributed by atoms with Gasteiger partial charge >= 0.3 is 12.1 Å². The molecule has 3 heterocycles. The molecule has 0 bridgehead atoms. The van der Waals surface area contributed by atoms with Crippen LogP contribution in [0.3, 0.4) is 0 Å². The Balaban J connectivity index is 1.60. The van der Waals surface area contributed by atoms with Crippen molar-refractivity contribution in [3.63, 3.8) is 0 Å². The van der Waals surface area contributed by atoms with E-state index in [1.54, 1.807) is 0 Å². The largest absolute Gasteiger partial charge is 0.464 e. The molecule has 1 atom stereocenters. The number of anilines is 1. The molecule has 0 aromatic carbocycles. The number of piperazine rings is 1. The highest BCUT2D eigenvalue weighted by Gasteiger charge is 2.34. The summed E-state index contributed by atoms with van der Waals surface area (Å²) >= 11 is 0. The van der Waals surface area contributed by atoms with Crippen molar-refractivity contribution in [1.29, 1.82) is 0 Å². The van der Waals surface area contributed by atoms with Gasteiger partial charge in [-0.15, -0.1) is 0 Å². The second-order valence-corrected chi connectivity index (χ2v) is 5.40. The summed E-state index contributed by atoms with van der Waals surface area (Å²) in [4.78, 5) is 19.5. The Morgan fingerprint density at radius 2 is 1.91 bits per heavy atom. The van der Waals surface area contributed by atoms with Crippen molar-refractivity contribution in [2.24, 2.45) is 0 Å². The Labute approximate surface area is 125 Å². The minimum absolute atomic E-state index is 0.178. The zero-order valence-electron chi connectivity index (χ0n) is 11.8. The van der Waals surface area contributed by atoms with E-state index in [1.807, 2.05) is 4.90 Å². The lowest BCUT2D eigenvalue weighted by Gasteiger charge is -2.37. The molecule has 2 fully saturated rings. The molecule has 22 heavy (non-hydrogen) atoms. The van der Waals surface area contributed by atoms with Gasteiger partial charge in [0.2, 0.25) is 0 Å². The lowest BCUT2D eigenvalue weighted by Crippen LogP contribution is -2.51. The van der Waals surface area contributed by atoms with Gasteiger partial charge in [-0.25, -0.2) is 4.98 Å². The number of esters is 1. The molecule has 0 N–H and O–H groups in total. The molecule has 0 aliphatic carbocycles. The quantitative estimate of drug-likeness (QED) is 0.775. The highest BCUT2D eigenvalue weighted by molar-refractivity contribution is 5.77. The smallest absolute Gasteiger partial charge is 0.417 e. The Morgan fingerprint density at radius 1 is 1.18 bits per heavy atom. The molecular weight excluding hydrogens is 299 g/mol. The molecule has 1 unspecified atom stereocenters. The number of carbonyl (C=O) groups is 1. The highest BCUT2D eigenvalue weighted by Crippen LogP contribution is 2.29. The summed E-state index contributed by atoms with van der Waals surface area (Å²) < 4.78 is 42.5. The minimum Gasteiger partial charge on any atom is -0.464 e. The average Bonchev–Trinajstić information content (AvgIpc) is 2.93. The summed E-state index contributed by atoms with van der Waals surface area (Å²) in [5.41, 5.74) is -0.747. The number of carbonyl (C=O) groups excluding carboxylic acids is 1. The fourth-order valence-corrected chi connectivity index (χ4v) is 2.82. The van der Waals surface area contributed by atoms with Crippen molar-refractivity contribution < 1.29 is 22.7 Å². The van der Waals surface area contributed by atoms with Gasteiger partial charge in [-0.3, -0.25) is 9.69 Å². The maximum atomic E-state index is 12.5. The SMILES string of the molecule is O=C1OCCC1N1CCN(c2ccc(C(F)(F)F)cn2)CC1. The average molecular weight is 315 g/mol. The summed E-state index contributed by atoms with van der Waals surface area (Å²) in [5, 5.41) is 0. The van der Waals surface area contributed by atoms with Crippen LogP contribution in [0.4, 0.5) is 19.0 Å². The van der Waals surface area contributed by atoms with Crippen LogP contribution in [0.15, 0.2) is 18.3 Å². The molecule has 0 spiro atoms. The second kappa shape index (κ2) is 5.75. The van der Waals surface area contributed by atoms with Crippen LogP contribution >= 0.6 is 0 Å². The predicted molar refractivity (Wildman–Crippen MR) is 72.4 cm³/mol. The number of pyridine rings is 1. The van der Waals surface area contributed by atoms with E-state index < -0.39 is 11.7 Å². The first-order valence-corrected chi connectivity index (χ1v) is 7.14. The van der Waals surface area contributed by atoms with Gasteiger partial charge in [0.05, 0.1) is 12.2 Å². The van der Waals surface area contributed by atoms with Crippen LogP contribution in [-0.2, 0) is 15.7 Å². The summed E-state index contributed by atoms with van der Waals surface area (Å²) in [6.45, 7) is 3.05. The van der Waals surface area contributed by atoms with Gasteiger partial charge in [0.25, 0.3) is 0 Å². The molecule has 120 valence electrons. The van der Waals surface area contributed by atoms with Crippen LogP contribution in [0.1, 0.15) is 12.0 Å². The lowest BCUT2D eigenvalue weighted by molar-refractivity contribution is -0.142. The first-order valence-electron chi connectivity index (χ1n) is 7.14. The summed E-state index contributed by atoms with van der Waals surface area (Å²) in [6.07, 6.45) is -2.81. The first-order chi connectivity index (χ1) is 10.4. The lowest BCUT2D eigenvalue weighted by atomic mass is 10.2. The third kappa shape index (κ3) is 3.01. The maximum absolute atomic E-state index is 12.5. The molecule has 1 aromatic rings. The maximum Gasteiger partial charge on any atom is 0.417 e. The monoisotopic (exact) mass is 315 g/mol. The van der Waals surface area contributed by atoms with Gasteiger partial charge in [-0.1, -0.05) is 0 Å². The molecule has 5 nitrogen and oxygen atoms in total. The molecule has 1 aromatic heterocycles. The van der Waals surface area contributed by atoms with Crippen LogP contribution in [0.25, 0.3) is 0 Å². The molecule has 0 amide bonds. The van der Waals surface area contributed by atoms with Gasteiger partial charge in [-0.05, 0) is 12.1 Å². The summed E-state index contributed by atoms with van der Waals surface area (Å²) in [7, 11) is 0. The third-order valence-electron chi connectivity index (χ3n) is 4.06. The van der Waals surface area contributed by atoms with Crippen molar-refractivity contribution in [2.45, 2.75) is 18.6 Å². The van der Waals surface area contributed by atoms with E-state index in [4.69, 9.17) is 4.74 Å². The molecule has 2 saturated heterocycles. The van der Waals surface area contributed by atoms with Gasteiger partial charge in [-0.2, -0.15) is 13.2 Å². The fourth-order valence-electron chi connectivity index (χ4n) is 2.82. The van der Waals surface area contributed by atoms with Crippen molar-refractivity contribution in [2.75, 3.05) is 37.7 Å². The molecular formula is C14H16F3N3O2. The molecule has 0 saturated carbocycles. The molecule has 2 aliphatic rings. The van der Waals surface area contributed by atoms with Crippen LogP contribution in [0, 0.1) is 0 Å². The van der Waals surface area contributed by atoms with Gasteiger partial charge in [0.1, 0.15) is 11.9 Å². The second-order valence-electron chi connectivity index (χ2n) is 5.40. The topological polar surface area (TPSA) is 45.7 Å². The van der Waals surface area contributed by atoms with Crippen molar-refractivity contribution in [3.8, 4) is 0 Å². The molecule has 0 radical (unpaired) electrons.